The maximum Gasteiger partial charge on any atom is 0.310 e. The number of piperidine rings is 2. The second kappa shape index (κ2) is 11.7. The van der Waals surface area contributed by atoms with Crippen molar-refractivity contribution in [2.24, 2.45) is 16.8 Å². The number of ether oxygens (including phenoxy) is 1. The maximum absolute atomic E-state index is 12.7. The SMILES string of the molecule is CCOC(=O)C1CCCN(C(=NC)NCC(=O)N2CCC(Cc3ccccc3)CC2)C1. The van der Waals surface area contributed by atoms with Gasteiger partial charge in [0.1, 0.15) is 0 Å². The topological polar surface area (TPSA) is 74.2 Å². The highest BCUT2D eigenvalue weighted by atomic mass is 16.5. The van der Waals surface area contributed by atoms with Crippen molar-refractivity contribution in [1.82, 2.24) is 15.1 Å². The Labute approximate surface area is 185 Å². The van der Waals surface area contributed by atoms with Crippen LogP contribution in [-0.2, 0) is 20.7 Å². The van der Waals surface area contributed by atoms with E-state index in [4.69, 9.17) is 4.74 Å². The summed E-state index contributed by atoms with van der Waals surface area (Å²) in [5.41, 5.74) is 1.38. The highest BCUT2D eigenvalue weighted by Crippen LogP contribution is 2.22. The minimum atomic E-state index is -0.142. The summed E-state index contributed by atoms with van der Waals surface area (Å²) in [4.78, 5) is 33.2. The summed E-state index contributed by atoms with van der Waals surface area (Å²) in [6, 6.07) is 10.6. The molecule has 0 radical (unpaired) electrons. The van der Waals surface area contributed by atoms with E-state index in [9.17, 15) is 9.59 Å². The van der Waals surface area contributed by atoms with Crippen LogP contribution in [0.15, 0.2) is 35.3 Å². The molecule has 0 aromatic heterocycles. The quantitative estimate of drug-likeness (QED) is 0.428. The fraction of sp³-hybridized carbons (Fsp3) is 0.625. The van der Waals surface area contributed by atoms with Gasteiger partial charge < -0.3 is 19.9 Å². The Morgan fingerprint density at radius 2 is 1.84 bits per heavy atom. The number of hydrogen-bond acceptors (Lipinski definition) is 4. The molecule has 1 aromatic rings. The molecular weight excluding hydrogens is 392 g/mol. The summed E-state index contributed by atoms with van der Waals surface area (Å²) >= 11 is 0. The Kier molecular flexibility index (Phi) is 8.74. The Hall–Kier alpha value is -2.57. The van der Waals surface area contributed by atoms with Gasteiger partial charge in [-0.3, -0.25) is 14.6 Å². The highest BCUT2D eigenvalue weighted by molar-refractivity contribution is 5.87. The smallest absolute Gasteiger partial charge is 0.310 e. The van der Waals surface area contributed by atoms with E-state index in [2.05, 4.69) is 39.5 Å². The van der Waals surface area contributed by atoms with Crippen molar-refractivity contribution >= 4 is 17.8 Å². The minimum Gasteiger partial charge on any atom is -0.466 e. The van der Waals surface area contributed by atoms with Crippen LogP contribution in [0.4, 0.5) is 0 Å². The molecule has 0 saturated carbocycles. The Morgan fingerprint density at radius 3 is 2.52 bits per heavy atom. The first-order valence-corrected chi connectivity index (χ1v) is 11.5. The molecule has 1 atom stereocenters. The predicted molar refractivity (Wildman–Crippen MR) is 122 cm³/mol. The molecule has 2 heterocycles. The van der Waals surface area contributed by atoms with E-state index in [1.807, 2.05) is 17.9 Å². The molecule has 31 heavy (non-hydrogen) atoms. The third-order valence-corrected chi connectivity index (χ3v) is 6.28. The van der Waals surface area contributed by atoms with Gasteiger partial charge in [0.15, 0.2) is 5.96 Å². The van der Waals surface area contributed by atoms with Gasteiger partial charge in [0.25, 0.3) is 0 Å². The minimum absolute atomic E-state index is 0.110. The number of nitrogens with zero attached hydrogens (tertiary/aromatic N) is 3. The van der Waals surface area contributed by atoms with Gasteiger partial charge >= 0.3 is 5.97 Å². The van der Waals surface area contributed by atoms with Gasteiger partial charge in [-0.1, -0.05) is 30.3 Å². The molecule has 1 amide bonds. The first-order valence-electron chi connectivity index (χ1n) is 11.5. The summed E-state index contributed by atoms with van der Waals surface area (Å²) in [6.07, 6.45) is 4.92. The van der Waals surface area contributed by atoms with E-state index >= 15 is 0 Å². The zero-order valence-corrected chi connectivity index (χ0v) is 18.9. The standard InChI is InChI=1S/C24H36N4O3/c1-3-31-23(30)21-10-7-13-28(18-21)24(25-2)26-17-22(29)27-14-11-20(12-15-27)16-19-8-5-4-6-9-19/h4-6,8-9,20-21H,3,7,10-18H2,1-2H3,(H,25,26). The van der Waals surface area contributed by atoms with Crippen molar-refractivity contribution in [3.63, 3.8) is 0 Å². The van der Waals surface area contributed by atoms with E-state index in [0.29, 0.717) is 25.0 Å². The van der Waals surface area contributed by atoms with Gasteiger partial charge in [-0.15, -0.1) is 0 Å². The number of aliphatic imine (C=N–C) groups is 1. The van der Waals surface area contributed by atoms with E-state index in [1.165, 1.54) is 5.56 Å². The normalized spacial score (nSPS) is 20.5. The molecule has 7 heteroatoms. The lowest BCUT2D eigenvalue weighted by Gasteiger charge is -2.35. The van der Waals surface area contributed by atoms with Crippen molar-refractivity contribution in [3.8, 4) is 0 Å². The summed E-state index contributed by atoms with van der Waals surface area (Å²) in [6.45, 7) is 5.49. The number of hydrogen-bond donors (Lipinski definition) is 1. The lowest BCUT2D eigenvalue weighted by molar-refractivity contribution is -0.149. The second-order valence-corrected chi connectivity index (χ2v) is 8.45. The molecule has 1 N–H and O–H groups in total. The van der Waals surface area contributed by atoms with Gasteiger partial charge in [-0.25, -0.2) is 0 Å². The number of esters is 1. The van der Waals surface area contributed by atoms with Crippen molar-refractivity contribution in [2.45, 2.75) is 39.0 Å². The van der Waals surface area contributed by atoms with Gasteiger partial charge in [-0.2, -0.15) is 0 Å². The zero-order chi connectivity index (χ0) is 22.1. The molecule has 2 aliphatic heterocycles. The summed E-state index contributed by atoms with van der Waals surface area (Å²) in [5.74, 6) is 1.16. The third kappa shape index (κ3) is 6.71. The number of carbonyl (C=O) groups is 2. The second-order valence-electron chi connectivity index (χ2n) is 8.45. The highest BCUT2D eigenvalue weighted by Gasteiger charge is 2.29. The van der Waals surface area contributed by atoms with Crippen LogP contribution in [0.1, 0.15) is 38.2 Å². The fourth-order valence-electron chi connectivity index (χ4n) is 4.55. The molecule has 3 rings (SSSR count). The molecule has 170 valence electrons. The first kappa shape index (κ1) is 23.1. The van der Waals surface area contributed by atoms with Crippen LogP contribution in [0.25, 0.3) is 0 Å². The van der Waals surface area contributed by atoms with Gasteiger partial charge in [0, 0.05) is 33.2 Å². The van der Waals surface area contributed by atoms with Crippen molar-refractivity contribution in [1.29, 1.82) is 0 Å². The molecule has 0 bridgehead atoms. The zero-order valence-electron chi connectivity index (χ0n) is 18.9. The van der Waals surface area contributed by atoms with E-state index in [-0.39, 0.29) is 24.3 Å². The third-order valence-electron chi connectivity index (χ3n) is 6.28. The van der Waals surface area contributed by atoms with Crippen LogP contribution < -0.4 is 5.32 Å². The summed E-state index contributed by atoms with van der Waals surface area (Å²) in [7, 11) is 1.72. The Morgan fingerprint density at radius 1 is 1.10 bits per heavy atom. The van der Waals surface area contributed by atoms with Crippen LogP contribution >= 0.6 is 0 Å². The number of amides is 1. The fourth-order valence-corrected chi connectivity index (χ4v) is 4.55. The average Bonchev–Trinajstić information content (AvgIpc) is 2.81. The van der Waals surface area contributed by atoms with E-state index in [1.54, 1.807) is 7.05 Å². The largest absolute Gasteiger partial charge is 0.466 e. The molecular formula is C24H36N4O3. The number of rotatable bonds is 6. The molecule has 1 aromatic carbocycles. The molecule has 0 aliphatic carbocycles. The molecule has 7 nitrogen and oxygen atoms in total. The van der Waals surface area contributed by atoms with Crippen molar-refractivity contribution < 1.29 is 14.3 Å². The summed E-state index contributed by atoms with van der Waals surface area (Å²) < 4.78 is 5.18. The monoisotopic (exact) mass is 428 g/mol. The van der Waals surface area contributed by atoms with Crippen LogP contribution in [0.2, 0.25) is 0 Å². The molecule has 2 saturated heterocycles. The molecule has 0 spiro atoms. The van der Waals surface area contributed by atoms with E-state index < -0.39 is 0 Å². The van der Waals surface area contributed by atoms with Crippen molar-refractivity contribution in [3.05, 3.63) is 35.9 Å². The lowest BCUT2D eigenvalue weighted by Crippen LogP contribution is -2.51. The Balaban J connectivity index is 1.42. The summed E-state index contributed by atoms with van der Waals surface area (Å²) in [5, 5.41) is 3.21. The lowest BCUT2D eigenvalue weighted by atomic mass is 9.90. The van der Waals surface area contributed by atoms with Gasteiger partial charge in [0.2, 0.25) is 5.91 Å². The molecule has 1 unspecified atom stereocenters. The van der Waals surface area contributed by atoms with E-state index in [0.717, 1.165) is 51.7 Å². The van der Waals surface area contributed by atoms with Gasteiger partial charge in [-0.05, 0) is 50.5 Å². The molecule has 2 fully saturated rings. The number of likely N-dealkylation sites (tertiary alicyclic amines) is 2. The van der Waals surface area contributed by atoms with Crippen LogP contribution in [-0.4, -0.2) is 74.0 Å². The number of benzene rings is 1. The number of guanidine groups is 1. The van der Waals surface area contributed by atoms with Crippen LogP contribution in [0, 0.1) is 11.8 Å². The predicted octanol–water partition coefficient (Wildman–Crippen LogP) is 2.32. The Bertz CT molecular complexity index is 744. The van der Waals surface area contributed by atoms with Crippen molar-refractivity contribution in [2.75, 3.05) is 46.4 Å². The van der Waals surface area contributed by atoms with Crippen LogP contribution in [0.3, 0.4) is 0 Å². The maximum atomic E-state index is 12.7. The first-order chi connectivity index (χ1) is 15.1. The average molecular weight is 429 g/mol. The number of nitrogens with one attached hydrogen (secondary N) is 1. The number of carbonyl (C=O) groups excluding carboxylic acids is 2. The molecule has 2 aliphatic rings. The van der Waals surface area contributed by atoms with Gasteiger partial charge in [0.05, 0.1) is 19.1 Å². The van der Waals surface area contributed by atoms with Crippen LogP contribution in [0.5, 0.6) is 0 Å².